The Hall–Kier alpha value is -2.21. The molecule has 27 heavy (non-hydrogen) atoms. The summed E-state index contributed by atoms with van der Waals surface area (Å²) in [6, 6.07) is 21.5. The summed E-state index contributed by atoms with van der Waals surface area (Å²) in [5, 5.41) is 2.09. The molecule has 0 saturated heterocycles. The van der Waals surface area contributed by atoms with Crippen molar-refractivity contribution in [2.24, 2.45) is 11.0 Å². The lowest BCUT2D eigenvalue weighted by molar-refractivity contribution is -0.000350. The van der Waals surface area contributed by atoms with E-state index in [2.05, 4.69) is 0 Å². The molecule has 0 heterocycles. The van der Waals surface area contributed by atoms with Gasteiger partial charge in [-0.05, 0) is 41.0 Å². The Labute approximate surface area is 159 Å². The second-order valence-corrected chi connectivity index (χ2v) is 8.12. The summed E-state index contributed by atoms with van der Waals surface area (Å²) in [6.45, 7) is 2.95. The largest absolute Gasteiger partial charge is 0.397 e. The number of fused-ring (bicyclic) bond motifs is 1. The molecule has 142 valence electrons. The lowest BCUT2D eigenvalue weighted by Gasteiger charge is -2.25. The smallest absolute Gasteiger partial charge is 0.308 e. The minimum absolute atomic E-state index is 0.184. The third-order valence-corrected chi connectivity index (χ3v) is 5.21. The van der Waals surface area contributed by atoms with E-state index >= 15 is 0 Å². The Balaban J connectivity index is 1.62. The second kappa shape index (κ2) is 8.65. The highest BCUT2D eigenvalue weighted by Crippen LogP contribution is 2.33. The minimum atomic E-state index is -3.59. The maximum atomic E-state index is 12.2. The highest BCUT2D eigenvalue weighted by Gasteiger charge is 2.23. The fourth-order valence-corrected chi connectivity index (χ4v) is 3.32. The van der Waals surface area contributed by atoms with Gasteiger partial charge in [-0.1, -0.05) is 59.4 Å². The lowest BCUT2D eigenvalue weighted by Crippen LogP contribution is -2.34. The van der Waals surface area contributed by atoms with E-state index in [9.17, 15) is 4.57 Å². The van der Waals surface area contributed by atoms with Crippen molar-refractivity contribution in [1.29, 1.82) is 0 Å². The van der Waals surface area contributed by atoms with E-state index in [0.717, 1.165) is 26.7 Å². The van der Waals surface area contributed by atoms with Crippen molar-refractivity contribution in [3.63, 3.8) is 0 Å². The Morgan fingerprint density at radius 3 is 2.41 bits per heavy atom. The number of nitrogens with zero attached hydrogens (tertiary/aromatic N) is 1. The van der Waals surface area contributed by atoms with E-state index in [1.54, 1.807) is 6.07 Å². The molecular formula is C20H24N3O3P. The van der Waals surface area contributed by atoms with Gasteiger partial charge in [-0.2, -0.15) is 0 Å². The van der Waals surface area contributed by atoms with Gasteiger partial charge in [0.1, 0.15) is 5.75 Å². The van der Waals surface area contributed by atoms with Gasteiger partial charge in [0.05, 0.1) is 19.8 Å². The van der Waals surface area contributed by atoms with E-state index in [4.69, 9.17) is 20.6 Å². The lowest BCUT2D eigenvalue weighted by atomic mass is 10.1. The summed E-state index contributed by atoms with van der Waals surface area (Å²) < 4.78 is 17.9. The summed E-state index contributed by atoms with van der Waals surface area (Å²) in [4.78, 5) is 6.81. The maximum absolute atomic E-state index is 12.2. The summed E-state index contributed by atoms with van der Waals surface area (Å²) in [5.74, 6) is 0.517. The predicted octanol–water partition coefficient (Wildman–Crippen LogP) is 3.99. The van der Waals surface area contributed by atoms with Gasteiger partial charge in [-0.3, -0.25) is 15.6 Å². The van der Waals surface area contributed by atoms with Gasteiger partial charge in [0.2, 0.25) is 0 Å². The molecule has 0 radical (unpaired) electrons. The first kappa shape index (κ1) is 19.5. The van der Waals surface area contributed by atoms with Gasteiger partial charge in [0.25, 0.3) is 0 Å². The molecule has 0 bridgehead atoms. The Morgan fingerprint density at radius 2 is 1.67 bits per heavy atom. The van der Waals surface area contributed by atoms with Crippen LogP contribution in [0.25, 0.3) is 10.8 Å². The van der Waals surface area contributed by atoms with Crippen LogP contribution in [0.1, 0.15) is 11.1 Å². The molecule has 0 saturated carbocycles. The molecule has 0 aliphatic heterocycles. The van der Waals surface area contributed by atoms with Crippen LogP contribution in [0.15, 0.2) is 66.7 Å². The molecule has 0 aliphatic carbocycles. The van der Waals surface area contributed by atoms with Crippen LogP contribution in [0.2, 0.25) is 0 Å². The van der Waals surface area contributed by atoms with E-state index in [-0.39, 0.29) is 13.2 Å². The third kappa shape index (κ3) is 5.39. The van der Waals surface area contributed by atoms with Crippen LogP contribution in [0, 0.1) is 6.92 Å². The number of hydrogen-bond donors (Lipinski definition) is 2. The summed E-state index contributed by atoms with van der Waals surface area (Å²) >= 11 is 0. The van der Waals surface area contributed by atoms with Gasteiger partial charge >= 0.3 is 7.59 Å². The number of nitrogens with two attached hydrogens (primary N) is 2. The van der Waals surface area contributed by atoms with Crippen LogP contribution < -0.4 is 15.8 Å². The molecule has 0 aliphatic rings. The highest BCUT2D eigenvalue weighted by molar-refractivity contribution is 7.56. The molecule has 7 heteroatoms. The van der Waals surface area contributed by atoms with Crippen LogP contribution in [-0.4, -0.2) is 18.0 Å². The van der Waals surface area contributed by atoms with Crippen molar-refractivity contribution in [1.82, 2.24) is 4.83 Å². The predicted molar refractivity (Wildman–Crippen MR) is 108 cm³/mol. The zero-order chi connectivity index (χ0) is 19.3. The van der Waals surface area contributed by atoms with Crippen molar-refractivity contribution in [2.75, 3.05) is 13.2 Å². The Bertz CT molecular complexity index is 958. The second-order valence-electron chi connectivity index (χ2n) is 6.33. The summed E-state index contributed by atoms with van der Waals surface area (Å²) in [7, 11) is -3.59. The first-order chi connectivity index (χ1) is 12.9. The van der Waals surface area contributed by atoms with Crippen molar-refractivity contribution in [3.05, 3.63) is 77.9 Å². The average Bonchev–Trinajstić information content (AvgIpc) is 2.64. The minimum Gasteiger partial charge on any atom is -0.397 e. The molecule has 0 atom stereocenters. The number of hydrogen-bond acceptors (Lipinski definition) is 3. The number of aryl methyl sites for hydroxylation is 1. The van der Waals surface area contributed by atoms with Gasteiger partial charge in [0, 0.05) is 0 Å². The number of benzene rings is 3. The number of rotatable bonds is 8. The van der Waals surface area contributed by atoms with E-state index < -0.39 is 7.59 Å². The fraction of sp³-hybridized carbons (Fsp3) is 0.200. The zero-order valence-corrected chi connectivity index (χ0v) is 16.1. The highest BCUT2D eigenvalue weighted by atomic mass is 31.2. The quantitative estimate of drug-likeness (QED) is 0.346. The topological polar surface area (TPSA) is 90.8 Å². The van der Waals surface area contributed by atoms with Crippen molar-refractivity contribution < 1.29 is 14.1 Å². The van der Waals surface area contributed by atoms with Crippen LogP contribution >= 0.6 is 7.59 Å². The van der Waals surface area contributed by atoms with E-state index in [1.165, 1.54) is 0 Å². The maximum Gasteiger partial charge on any atom is 0.308 e. The molecule has 0 spiro atoms. The SMILES string of the molecule is Cc1ccccc1COCCN(Oc1ccc2ccccc2c1)P(N)(N)=O. The summed E-state index contributed by atoms with van der Waals surface area (Å²) in [6.07, 6.45) is 0. The van der Waals surface area contributed by atoms with Crippen LogP contribution in [0.4, 0.5) is 0 Å². The van der Waals surface area contributed by atoms with Crippen molar-refractivity contribution in [3.8, 4) is 5.75 Å². The first-order valence-electron chi connectivity index (χ1n) is 8.68. The normalized spacial score (nSPS) is 11.9. The van der Waals surface area contributed by atoms with Crippen LogP contribution in [-0.2, 0) is 15.9 Å². The Kier molecular flexibility index (Phi) is 6.26. The van der Waals surface area contributed by atoms with E-state index in [0.29, 0.717) is 12.4 Å². The Morgan fingerprint density at radius 1 is 0.963 bits per heavy atom. The monoisotopic (exact) mass is 385 g/mol. The first-order valence-corrected chi connectivity index (χ1v) is 10.5. The molecule has 6 nitrogen and oxygen atoms in total. The van der Waals surface area contributed by atoms with E-state index in [1.807, 2.05) is 67.6 Å². The molecule has 3 aromatic rings. The summed E-state index contributed by atoms with van der Waals surface area (Å²) in [5.41, 5.74) is 13.5. The average molecular weight is 385 g/mol. The van der Waals surface area contributed by atoms with Gasteiger partial charge in [-0.15, -0.1) is 0 Å². The number of hydroxylamine groups is 1. The number of ether oxygens (including phenoxy) is 1. The molecule has 0 amide bonds. The molecule has 3 rings (SSSR count). The zero-order valence-electron chi connectivity index (χ0n) is 15.2. The van der Waals surface area contributed by atoms with Crippen LogP contribution in [0.5, 0.6) is 5.75 Å². The van der Waals surface area contributed by atoms with Crippen molar-refractivity contribution >= 4 is 18.4 Å². The third-order valence-electron chi connectivity index (χ3n) is 4.23. The molecule has 0 aromatic heterocycles. The molecule has 3 aromatic carbocycles. The van der Waals surface area contributed by atoms with Crippen LogP contribution in [0.3, 0.4) is 0 Å². The molecule has 0 fully saturated rings. The fourth-order valence-electron chi connectivity index (χ4n) is 2.71. The van der Waals surface area contributed by atoms with Gasteiger partial charge < -0.3 is 9.57 Å². The standard InChI is InChI=1S/C20H24N3O3P/c1-16-6-2-3-9-19(16)15-25-13-12-23(27(21,22)24)26-20-11-10-17-7-4-5-8-18(17)14-20/h2-11,14H,12-13,15H2,1H3,(H4,21,22,24). The van der Waals surface area contributed by atoms with Crippen molar-refractivity contribution in [2.45, 2.75) is 13.5 Å². The molecule has 0 unspecified atom stereocenters. The molecule has 4 N–H and O–H groups in total. The van der Waals surface area contributed by atoms with Gasteiger partial charge in [0.15, 0.2) is 0 Å². The molecular weight excluding hydrogens is 361 g/mol. The van der Waals surface area contributed by atoms with Gasteiger partial charge in [-0.25, -0.2) is 0 Å².